The molecule has 0 saturated heterocycles. The van der Waals surface area contributed by atoms with Crippen molar-refractivity contribution in [1.82, 2.24) is 5.32 Å². The summed E-state index contributed by atoms with van der Waals surface area (Å²) >= 11 is 4.94. The van der Waals surface area contributed by atoms with E-state index in [1.807, 2.05) is 12.1 Å². The maximum atomic E-state index is 12.2. The molecule has 3 N–H and O–H groups in total. The third-order valence-electron chi connectivity index (χ3n) is 4.15. The highest BCUT2D eigenvalue weighted by atomic mass is 32.1. The Morgan fingerprint density at radius 2 is 1.95 bits per heavy atom. The van der Waals surface area contributed by atoms with Crippen molar-refractivity contribution in [2.24, 2.45) is 11.1 Å². The van der Waals surface area contributed by atoms with Gasteiger partial charge in [-0.2, -0.15) is 0 Å². The van der Waals surface area contributed by atoms with Crippen LogP contribution in [0.4, 0.5) is 0 Å². The van der Waals surface area contributed by atoms with Gasteiger partial charge in [0.2, 0.25) is 0 Å². The normalized spacial score (nSPS) is 17.4. The van der Waals surface area contributed by atoms with Crippen molar-refractivity contribution in [2.75, 3.05) is 6.54 Å². The maximum Gasteiger partial charge on any atom is 0.251 e. The Morgan fingerprint density at radius 1 is 1.30 bits per heavy atom. The number of nitrogens with one attached hydrogen (secondary N) is 1. The average molecular weight is 290 g/mol. The van der Waals surface area contributed by atoms with Crippen molar-refractivity contribution in [1.29, 1.82) is 0 Å². The van der Waals surface area contributed by atoms with E-state index in [1.54, 1.807) is 12.1 Å². The molecule has 1 aromatic carbocycles. The molecule has 1 amide bonds. The fourth-order valence-corrected chi connectivity index (χ4v) is 2.92. The molecular formula is C16H22N2OS. The molecular weight excluding hydrogens is 268 g/mol. The quantitative estimate of drug-likeness (QED) is 0.838. The molecule has 20 heavy (non-hydrogen) atoms. The molecule has 0 bridgehead atoms. The summed E-state index contributed by atoms with van der Waals surface area (Å²) in [5, 5.41) is 3.05. The van der Waals surface area contributed by atoms with Crippen molar-refractivity contribution in [3.05, 3.63) is 35.4 Å². The van der Waals surface area contributed by atoms with E-state index in [0.717, 1.165) is 12.1 Å². The number of benzene rings is 1. The van der Waals surface area contributed by atoms with Gasteiger partial charge >= 0.3 is 0 Å². The molecule has 0 radical (unpaired) electrons. The second-order valence-corrected chi connectivity index (χ2v) is 6.44. The lowest BCUT2D eigenvalue weighted by Gasteiger charge is -2.33. The maximum absolute atomic E-state index is 12.2. The third kappa shape index (κ3) is 3.79. The highest BCUT2D eigenvalue weighted by Crippen LogP contribution is 2.34. The van der Waals surface area contributed by atoms with Crippen LogP contribution in [0.2, 0.25) is 0 Å². The van der Waals surface area contributed by atoms with Gasteiger partial charge in [0.05, 0.1) is 0 Å². The van der Waals surface area contributed by atoms with Crippen LogP contribution in [0.3, 0.4) is 0 Å². The van der Waals surface area contributed by atoms with E-state index in [4.69, 9.17) is 18.0 Å². The van der Waals surface area contributed by atoms with Crippen molar-refractivity contribution >= 4 is 23.1 Å². The van der Waals surface area contributed by atoms with Gasteiger partial charge < -0.3 is 11.1 Å². The minimum atomic E-state index is -0.0464. The monoisotopic (exact) mass is 290 g/mol. The van der Waals surface area contributed by atoms with Crippen molar-refractivity contribution in [3.63, 3.8) is 0 Å². The highest BCUT2D eigenvalue weighted by molar-refractivity contribution is 7.80. The van der Waals surface area contributed by atoms with Crippen molar-refractivity contribution in [3.8, 4) is 0 Å². The predicted octanol–water partition coefficient (Wildman–Crippen LogP) is 3.02. The summed E-state index contributed by atoms with van der Waals surface area (Å²) in [6, 6.07) is 7.18. The molecule has 0 atom stereocenters. The summed E-state index contributed by atoms with van der Waals surface area (Å²) in [5.41, 5.74) is 7.19. The third-order valence-corrected chi connectivity index (χ3v) is 4.38. The van der Waals surface area contributed by atoms with Crippen LogP contribution in [0.25, 0.3) is 0 Å². The van der Waals surface area contributed by atoms with E-state index >= 15 is 0 Å². The molecule has 0 heterocycles. The Labute approximate surface area is 125 Å². The van der Waals surface area contributed by atoms with E-state index in [0.29, 0.717) is 10.6 Å². The molecule has 1 saturated carbocycles. The van der Waals surface area contributed by atoms with Gasteiger partial charge in [-0.15, -0.1) is 0 Å². The number of rotatable bonds is 4. The van der Waals surface area contributed by atoms with Crippen LogP contribution < -0.4 is 11.1 Å². The molecule has 1 aliphatic carbocycles. The van der Waals surface area contributed by atoms with E-state index in [1.165, 1.54) is 32.1 Å². The molecule has 0 spiro atoms. The zero-order chi connectivity index (χ0) is 14.6. The first-order valence-electron chi connectivity index (χ1n) is 7.18. The van der Waals surface area contributed by atoms with Gasteiger partial charge in [-0.05, 0) is 30.4 Å². The molecule has 0 aromatic heterocycles. The zero-order valence-corrected chi connectivity index (χ0v) is 12.8. The summed E-state index contributed by atoms with van der Waals surface area (Å²) < 4.78 is 0. The highest BCUT2D eigenvalue weighted by Gasteiger charge is 2.27. The second-order valence-electron chi connectivity index (χ2n) is 6.00. The first kappa shape index (κ1) is 15.0. The van der Waals surface area contributed by atoms with Crippen LogP contribution in [0.5, 0.6) is 0 Å². The smallest absolute Gasteiger partial charge is 0.251 e. The van der Waals surface area contributed by atoms with Gasteiger partial charge in [-0.25, -0.2) is 0 Å². The predicted molar refractivity (Wildman–Crippen MR) is 85.9 cm³/mol. The summed E-state index contributed by atoms with van der Waals surface area (Å²) in [6.45, 7) is 3.00. The standard InChI is InChI=1S/C16H22N2OS/c1-16(8-3-2-4-9-16)11-18-15(19)13-7-5-6-12(10-13)14(17)20/h5-7,10H,2-4,8-9,11H2,1H3,(H2,17,20)(H,18,19). The summed E-state index contributed by atoms with van der Waals surface area (Å²) in [5.74, 6) is -0.0464. The van der Waals surface area contributed by atoms with E-state index in [-0.39, 0.29) is 11.3 Å². The van der Waals surface area contributed by atoms with Crippen LogP contribution in [0, 0.1) is 5.41 Å². The van der Waals surface area contributed by atoms with Gasteiger partial charge in [0.15, 0.2) is 0 Å². The van der Waals surface area contributed by atoms with Crippen LogP contribution >= 0.6 is 12.2 Å². The number of carbonyl (C=O) groups is 1. The van der Waals surface area contributed by atoms with Crippen LogP contribution in [-0.4, -0.2) is 17.4 Å². The van der Waals surface area contributed by atoms with Gasteiger partial charge in [-0.3, -0.25) is 4.79 Å². The molecule has 0 unspecified atom stereocenters. The topological polar surface area (TPSA) is 55.1 Å². The first-order valence-corrected chi connectivity index (χ1v) is 7.59. The lowest BCUT2D eigenvalue weighted by atomic mass is 9.76. The van der Waals surface area contributed by atoms with Crippen molar-refractivity contribution in [2.45, 2.75) is 39.0 Å². The van der Waals surface area contributed by atoms with Crippen LogP contribution in [0.1, 0.15) is 54.9 Å². The second kappa shape index (κ2) is 6.35. The zero-order valence-electron chi connectivity index (χ0n) is 11.9. The largest absolute Gasteiger partial charge is 0.389 e. The van der Waals surface area contributed by atoms with Crippen molar-refractivity contribution < 1.29 is 4.79 Å². The van der Waals surface area contributed by atoms with E-state index in [9.17, 15) is 4.79 Å². The summed E-state index contributed by atoms with van der Waals surface area (Å²) in [7, 11) is 0. The fourth-order valence-electron chi connectivity index (χ4n) is 2.79. The Balaban J connectivity index is 1.98. The van der Waals surface area contributed by atoms with E-state index < -0.39 is 0 Å². The van der Waals surface area contributed by atoms with Gasteiger partial charge in [0.1, 0.15) is 4.99 Å². The number of nitrogens with two attached hydrogens (primary N) is 1. The summed E-state index contributed by atoms with van der Waals surface area (Å²) in [4.78, 5) is 12.5. The molecule has 1 fully saturated rings. The number of hydrogen-bond acceptors (Lipinski definition) is 2. The SMILES string of the molecule is CC1(CNC(=O)c2cccc(C(N)=S)c2)CCCCC1. The number of amides is 1. The molecule has 2 rings (SSSR count). The molecule has 1 aliphatic rings. The average Bonchev–Trinajstić information content (AvgIpc) is 2.46. The van der Waals surface area contributed by atoms with Crippen LogP contribution in [-0.2, 0) is 0 Å². The lowest BCUT2D eigenvalue weighted by molar-refractivity contribution is 0.0919. The molecule has 108 valence electrons. The Hall–Kier alpha value is -1.42. The van der Waals surface area contributed by atoms with Gasteiger partial charge in [-0.1, -0.05) is 50.5 Å². The molecule has 4 heteroatoms. The molecule has 3 nitrogen and oxygen atoms in total. The Kier molecular flexibility index (Phi) is 4.76. The fraction of sp³-hybridized carbons (Fsp3) is 0.500. The van der Waals surface area contributed by atoms with Gasteiger partial charge in [0.25, 0.3) is 5.91 Å². The lowest BCUT2D eigenvalue weighted by Crippen LogP contribution is -2.37. The Morgan fingerprint density at radius 3 is 2.60 bits per heavy atom. The molecule has 0 aliphatic heterocycles. The van der Waals surface area contributed by atoms with E-state index in [2.05, 4.69) is 12.2 Å². The molecule has 1 aromatic rings. The number of hydrogen-bond donors (Lipinski definition) is 2. The van der Waals surface area contributed by atoms with Crippen LogP contribution in [0.15, 0.2) is 24.3 Å². The minimum Gasteiger partial charge on any atom is -0.389 e. The summed E-state index contributed by atoms with van der Waals surface area (Å²) in [6.07, 6.45) is 6.24. The first-order chi connectivity index (χ1) is 9.50. The number of carbonyl (C=O) groups excluding carboxylic acids is 1. The Bertz CT molecular complexity index is 507. The number of thiocarbonyl (C=S) groups is 1. The van der Waals surface area contributed by atoms with Gasteiger partial charge in [0, 0.05) is 17.7 Å². The minimum absolute atomic E-state index is 0.0464.